The van der Waals surface area contributed by atoms with Gasteiger partial charge < -0.3 is 24.7 Å². The average Bonchev–Trinajstić information content (AvgIpc) is 3.34. The molecular weight excluding hydrogens is 432 g/mol. The number of nitrogens with zero attached hydrogens (tertiary/aromatic N) is 2. The van der Waals surface area contributed by atoms with Crippen LogP contribution in [-0.2, 0) is 16.1 Å². The van der Waals surface area contributed by atoms with Crippen LogP contribution >= 0.6 is 0 Å². The Hall–Kier alpha value is -4.07. The molecule has 0 bridgehead atoms. The van der Waals surface area contributed by atoms with Crippen LogP contribution in [0.25, 0.3) is 6.08 Å². The van der Waals surface area contributed by atoms with Crippen molar-refractivity contribution in [3.8, 4) is 11.5 Å². The number of ether oxygens (including phenoxy) is 2. The number of carbonyl (C=O) groups excluding carboxylic acids is 2. The van der Waals surface area contributed by atoms with E-state index in [0.29, 0.717) is 48.4 Å². The van der Waals surface area contributed by atoms with Gasteiger partial charge in [-0.05, 0) is 47.9 Å². The van der Waals surface area contributed by atoms with Crippen LogP contribution < -0.4 is 20.1 Å². The van der Waals surface area contributed by atoms with E-state index in [1.807, 2.05) is 29.0 Å². The number of carbonyl (C=O) groups is 2. The van der Waals surface area contributed by atoms with Gasteiger partial charge in [-0.2, -0.15) is 0 Å². The summed E-state index contributed by atoms with van der Waals surface area (Å²) in [7, 11) is 1.58. The minimum atomic E-state index is -0.289. The lowest BCUT2D eigenvalue weighted by Crippen LogP contribution is -2.14. The van der Waals surface area contributed by atoms with E-state index >= 15 is 0 Å². The zero-order chi connectivity index (χ0) is 24.3. The van der Waals surface area contributed by atoms with E-state index in [1.165, 1.54) is 6.08 Å². The summed E-state index contributed by atoms with van der Waals surface area (Å²) in [6.07, 6.45) is 8.61. The van der Waals surface area contributed by atoms with E-state index in [4.69, 9.17) is 9.47 Å². The van der Waals surface area contributed by atoms with Crippen molar-refractivity contribution in [3.05, 3.63) is 72.8 Å². The molecule has 0 atom stereocenters. The number of anilines is 2. The summed E-state index contributed by atoms with van der Waals surface area (Å²) in [6.45, 7) is 5.30. The van der Waals surface area contributed by atoms with Gasteiger partial charge in [0, 0.05) is 42.8 Å². The zero-order valence-corrected chi connectivity index (χ0v) is 19.7. The lowest BCUT2D eigenvalue weighted by atomic mass is 10.2. The maximum Gasteiger partial charge on any atom is 0.248 e. The van der Waals surface area contributed by atoms with Crippen LogP contribution in [0.5, 0.6) is 11.5 Å². The molecule has 1 aromatic heterocycles. The molecule has 0 saturated carbocycles. The summed E-state index contributed by atoms with van der Waals surface area (Å²) < 4.78 is 13.0. The first-order valence-electron chi connectivity index (χ1n) is 11.1. The third-order valence-electron chi connectivity index (χ3n) is 4.76. The normalized spacial score (nSPS) is 10.9. The van der Waals surface area contributed by atoms with Gasteiger partial charge in [-0.25, -0.2) is 4.98 Å². The molecule has 0 unspecified atom stereocenters. The van der Waals surface area contributed by atoms with Crippen molar-refractivity contribution in [2.24, 2.45) is 5.92 Å². The minimum absolute atomic E-state index is 0.119. The summed E-state index contributed by atoms with van der Waals surface area (Å²) >= 11 is 0. The smallest absolute Gasteiger partial charge is 0.248 e. The fourth-order valence-corrected chi connectivity index (χ4v) is 3.07. The predicted octanol–water partition coefficient (Wildman–Crippen LogP) is 4.61. The number of rotatable bonds is 11. The second kappa shape index (κ2) is 12.2. The molecule has 0 spiro atoms. The Balaban J connectivity index is 1.54. The molecule has 1 heterocycles. The predicted molar refractivity (Wildman–Crippen MR) is 133 cm³/mol. The number of hydrogen-bond donors (Lipinski definition) is 2. The van der Waals surface area contributed by atoms with Crippen molar-refractivity contribution in [1.82, 2.24) is 9.55 Å². The second-order valence-electron chi connectivity index (χ2n) is 8.12. The topological polar surface area (TPSA) is 94.5 Å². The number of nitrogens with one attached hydrogen (secondary N) is 2. The van der Waals surface area contributed by atoms with Gasteiger partial charge in [0.25, 0.3) is 0 Å². The number of hydrogen-bond acceptors (Lipinski definition) is 5. The third kappa shape index (κ3) is 7.81. The minimum Gasteiger partial charge on any atom is -0.493 e. The molecule has 2 N–H and O–H groups in total. The quantitative estimate of drug-likeness (QED) is 0.406. The van der Waals surface area contributed by atoms with E-state index in [-0.39, 0.29) is 11.8 Å². The van der Waals surface area contributed by atoms with Gasteiger partial charge in [-0.1, -0.05) is 26.0 Å². The molecule has 0 fully saturated rings. The summed E-state index contributed by atoms with van der Waals surface area (Å²) in [5.41, 5.74) is 2.00. The first-order valence-corrected chi connectivity index (χ1v) is 11.1. The first-order chi connectivity index (χ1) is 16.4. The summed E-state index contributed by atoms with van der Waals surface area (Å²) in [5.74, 6) is 1.28. The van der Waals surface area contributed by atoms with Crippen LogP contribution in [-0.4, -0.2) is 35.1 Å². The second-order valence-corrected chi connectivity index (χ2v) is 8.12. The largest absolute Gasteiger partial charge is 0.493 e. The van der Waals surface area contributed by atoms with Crippen LogP contribution in [0.1, 0.15) is 25.8 Å². The molecular formula is C26H30N4O4. The molecule has 34 heavy (non-hydrogen) atoms. The van der Waals surface area contributed by atoms with Crippen LogP contribution in [0.4, 0.5) is 11.4 Å². The average molecular weight is 463 g/mol. The molecule has 0 radical (unpaired) electrons. The molecule has 2 amide bonds. The van der Waals surface area contributed by atoms with Crippen molar-refractivity contribution >= 4 is 29.3 Å². The fourth-order valence-electron chi connectivity index (χ4n) is 3.07. The maximum atomic E-state index is 12.4. The lowest BCUT2D eigenvalue weighted by Gasteiger charge is -2.12. The van der Waals surface area contributed by atoms with Crippen molar-refractivity contribution in [2.45, 2.75) is 26.8 Å². The van der Waals surface area contributed by atoms with Gasteiger partial charge in [0.1, 0.15) is 0 Å². The Labute approximate surface area is 199 Å². The summed E-state index contributed by atoms with van der Waals surface area (Å²) in [4.78, 5) is 28.5. The molecule has 0 aliphatic heterocycles. The Morgan fingerprint density at radius 2 is 1.88 bits per heavy atom. The Morgan fingerprint density at radius 1 is 1.09 bits per heavy atom. The van der Waals surface area contributed by atoms with E-state index in [0.717, 1.165) is 5.56 Å². The molecule has 8 nitrogen and oxygen atoms in total. The van der Waals surface area contributed by atoms with Crippen LogP contribution in [0.3, 0.4) is 0 Å². The molecule has 2 aromatic carbocycles. The van der Waals surface area contributed by atoms with Gasteiger partial charge in [0.15, 0.2) is 11.5 Å². The van der Waals surface area contributed by atoms with Gasteiger partial charge in [0.2, 0.25) is 11.8 Å². The number of amides is 2. The number of imidazole rings is 1. The fraction of sp³-hybridized carbons (Fsp3) is 0.269. The number of benzene rings is 2. The van der Waals surface area contributed by atoms with E-state index in [1.54, 1.807) is 50.0 Å². The molecule has 178 valence electrons. The van der Waals surface area contributed by atoms with Gasteiger partial charge in [-0.3, -0.25) is 9.59 Å². The Bertz CT molecular complexity index is 1120. The van der Waals surface area contributed by atoms with E-state index < -0.39 is 0 Å². The molecule has 0 aliphatic rings. The molecule has 3 aromatic rings. The van der Waals surface area contributed by atoms with Crippen molar-refractivity contribution in [1.29, 1.82) is 0 Å². The Kier molecular flexibility index (Phi) is 8.85. The highest BCUT2D eigenvalue weighted by Crippen LogP contribution is 2.29. The third-order valence-corrected chi connectivity index (χ3v) is 4.76. The number of aryl methyl sites for hydroxylation is 1. The summed E-state index contributed by atoms with van der Waals surface area (Å²) in [5, 5.41) is 5.65. The lowest BCUT2D eigenvalue weighted by molar-refractivity contribution is -0.116. The first kappa shape index (κ1) is 24.6. The van der Waals surface area contributed by atoms with E-state index in [2.05, 4.69) is 29.5 Å². The number of methoxy groups -OCH3 is 1. The maximum absolute atomic E-state index is 12.4. The highest BCUT2D eigenvalue weighted by molar-refractivity contribution is 6.02. The van der Waals surface area contributed by atoms with Crippen molar-refractivity contribution in [2.75, 3.05) is 24.4 Å². The van der Waals surface area contributed by atoms with Crippen molar-refractivity contribution < 1.29 is 19.1 Å². The highest BCUT2D eigenvalue weighted by atomic mass is 16.5. The molecule has 8 heteroatoms. The van der Waals surface area contributed by atoms with Gasteiger partial charge in [-0.15, -0.1) is 0 Å². The SMILES string of the molecule is COc1cc(C=CC(=O)Nc2cccc(NC(=O)CCn3ccnc3)c2)ccc1OCC(C)C. The van der Waals surface area contributed by atoms with E-state index in [9.17, 15) is 9.59 Å². The van der Waals surface area contributed by atoms with Crippen LogP contribution in [0.2, 0.25) is 0 Å². The zero-order valence-electron chi connectivity index (χ0n) is 19.7. The van der Waals surface area contributed by atoms with Crippen LogP contribution in [0.15, 0.2) is 67.3 Å². The standard InChI is InChI=1S/C26H30N4O4/c1-19(2)17-34-23-9-7-20(15-24(23)33-3)8-10-25(31)28-21-5-4-6-22(16-21)29-26(32)11-13-30-14-12-27-18-30/h4-10,12,14-16,18-19H,11,13,17H2,1-3H3,(H,28,31)(H,29,32). The van der Waals surface area contributed by atoms with Crippen molar-refractivity contribution in [3.63, 3.8) is 0 Å². The Morgan fingerprint density at radius 3 is 2.59 bits per heavy atom. The molecule has 0 aliphatic carbocycles. The van der Waals surface area contributed by atoms with Gasteiger partial charge in [0.05, 0.1) is 20.0 Å². The molecule has 0 saturated heterocycles. The summed E-state index contributed by atoms with van der Waals surface area (Å²) in [6, 6.07) is 12.5. The number of aromatic nitrogens is 2. The van der Waals surface area contributed by atoms with Gasteiger partial charge >= 0.3 is 0 Å². The van der Waals surface area contributed by atoms with Crippen LogP contribution in [0, 0.1) is 5.92 Å². The monoisotopic (exact) mass is 462 g/mol. The molecule has 3 rings (SSSR count). The highest BCUT2D eigenvalue weighted by Gasteiger charge is 2.07.